The van der Waals surface area contributed by atoms with Gasteiger partial charge in [0.2, 0.25) is 0 Å². The molecule has 134 valence electrons. The van der Waals surface area contributed by atoms with Crippen LogP contribution in [-0.4, -0.2) is 42.3 Å². The summed E-state index contributed by atoms with van der Waals surface area (Å²) in [6.07, 6.45) is 6.93. The second-order valence-corrected chi connectivity index (χ2v) is 6.87. The number of hydrogen-bond acceptors (Lipinski definition) is 2. The van der Waals surface area contributed by atoms with Crippen LogP contribution in [0.5, 0.6) is 0 Å². The fourth-order valence-electron chi connectivity index (χ4n) is 3.94. The molecule has 0 amide bonds. The van der Waals surface area contributed by atoms with E-state index < -0.39 is 0 Å². The molecule has 2 aliphatic rings. The maximum Gasteiger partial charge on any atom is 0.191 e. The van der Waals surface area contributed by atoms with Crippen LogP contribution in [0.3, 0.4) is 0 Å². The fourth-order valence-corrected chi connectivity index (χ4v) is 3.94. The highest BCUT2D eigenvalue weighted by molar-refractivity contribution is 5.83. The number of aromatic nitrogens is 1. The van der Waals surface area contributed by atoms with E-state index in [4.69, 9.17) is 9.73 Å². The minimum atomic E-state index is -0.217. The molecule has 0 radical (unpaired) electrons. The first-order chi connectivity index (χ1) is 12.2. The molecule has 5 nitrogen and oxygen atoms in total. The van der Waals surface area contributed by atoms with Crippen LogP contribution in [0.4, 0.5) is 4.39 Å². The van der Waals surface area contributed by atoms with Crippen molar-refractivity contribution >= 4 is 16.9 Å². The molecular weight excluding hydrogens is 319 g/mol. The lowest BCUT2D eigenvalue weighted by atomic mass is 9.96. The number of benzene rings is 1. The first kappa shape index (κ1) is 16.4. The molecule has 0 spiro atoms. The zero-order valence-electron chi connectivity index (χ0n) is 14.5. The molecular formula is C19H25FN4O. The quantitative estimate of drug-likeness (QED) is 0.577. The summed E-state index contributed by atoms with van der Waals surface area (Å²) in [5.74, 6) is 0.639. The Morgan fingerprint density at radius 2 is 2.32 bits per heavy atom. The van der Waals surface area contributed by atoms with Gasteiger partial charge in [0.05, 0.1) is 18.2 Å². The number of halogens is 1. The molecule has 6 heteroatoms. The van der Waals surface area contributed by atoms with Gasteiger partial charge in [-0.25, -0.2) is 4.39 Å². The van der Waals surface area contributed by atoms with Gasteiger partial charge in [0, 0.05) is 30.2 Å². The number of nitrogens with zero attached hydrogens (tertiary/aromatic N) is 1. The van der Waals surface area contributed by atoms with Gasteiger partial charge < -0.3 is 20.4 Å². The molecule has 2 aliphatic heterocycles. The average Bonchev–Trinajstić information content (AvgIpc) is 3.30. The first-order valence-electron chi connectivity index (χ1n) is 9.18. The Balaban J connectivity index is 1.39. The third-order valence-electron chi connectivity index (χ3n) is 5.15. The lowest BCUT2D eigenvalue weighted by Gasteiger charge is -2.22. The normalized spacial score (nSPS) is 25.7. The molecule has 0 saturated carbocycles. The average molecular weight is 344 g/mol. The van der Waals surface area contributed by atoms with E-state index in [2.05, 4.69) is 22.5 Å². The van der Waals surface area contributed by atoms with Crippen molar-refractivity contribution in [3.05, 3.63) is 35.8 Å². The molecule has 3 unspecified atom stereocenters. The summed E-state index contributed by atoms with van der Waals surface area (Å²) in [4.78, 5) is 7.84. The first-order valence-corrected chi connectivity index (χ1v) is 9.18. The lowest BCUT2D eigenvalue weighted by Crippen LogP contribution is -2.47. The van der Waals surface area contributed by atoms with Crippen molar-refractivity contribution in [3.63, 3.8) is 0 Å². The second-order valence-electron chi connectivity index (χ2n) is 6.87. The molecule has 25 heavy (non-hydrogen) atoms. The van der Waals surface area contributed by atoms with Crippen molar-refractivity contribution in [3.8, 4) is 0 Å². The van der Waals surface area contributed by atoms with E-state index in [1.807, 2.05) is 12.3 Å². The molecule has 3 heterocycles. The number of nitrogens with one attached hydrogen (secondary N) is 3. The topological polar surface area (TPSA) is 61.4 Å². The highest BCUT2D eigenvalue weighted by Crippen LogP contribution is 2.34. The predicted octanol–water partition coefficient (Wildman–Crippen LogP) is 2.72. The highest BCUT2D eigenvalue weighted by atomic mass is 19.1. The molecule has 0 aliphatic carbocycles. The van der Waals surface area contributed by atoms with Gasteiger partial charge in [-0.1, -0.05) is 0 Å². The van der Waals surface area contributed by atoms with Gasteiger partial charge >= 0.3 is 0 Å². The molecule has 1 aromatic heterocycles. The number of hydrogen-bond donors (Lipinski definition) is 3. The Kier molecular flexibility index (Phi) is 4.61. The summed E-state index contributed by atoms with van der Waals surface area (Å²) in [5.41, 5.74) is 2.00. The highest BCUT2D eigenvalue weighted by Gasteiger charge is 2.41. The summed E-state index contributed by atoms with van der Waals surface area (Å²) in [7, 11) is 0. The summed E-state index contributed by atoms with van der Waals surface area (Å²) >= 11 is 0. The molecule has 2 aromatic rings. The molecule has 2 bridgehead atoms. The molecule has 2 saturated heterocycles. The van der Waals surface area contributed by atoms with Crippen LogP contribution < -0.4 is 10.6 Å². The van der Waals surface area contributed by atoms with Crippen LogP contribution in [-0.2, 0) is 11.2 Å². The zero-order chi connectivity index (χ0) is 17.2. The monoisotopic (exact) mass is 344 g/mol. The van der Waals surface area contributed by atoms with Crippen molar-refractivity contribution in [2.24, 2.45) is 4.99 Å². The largest absolute Gasteiger partial charge is 0.373 e. The minimum absolute atomic E-state index is 0.217. The molecule has 3 atom stereocenters. The van der Waals surface area contributed by atoms with Crippen molar-refractivity contribution < 1.29 is 9.13 Å². The summed E-state index contributed by atoms with van der Waals surface area (Å²) < 4.78 is 19.2. The van der Waals surface area contributed by atoms with Gasteiger partial charge in [0.25, 0.3) is 0 Å². The number of ether oxygens (including phenoxy) is 1. The van der Waals surface area contributed by atoms with Crippen molar-refractivity contribution in [2.45, 2.75) is 50.9 Å². The maximum atomic E-state index is 13.3. The maximum absolute atomic E-state index is 13.3. The number of aliphatic imine (C=N–C) groups is 1. The number of rotatable bonds is 5. The molecule has 3 N–H and O–H groups in total. The van der Waals surface area contributed by atoms with Crippen LogP contribution in [0.25, 0.3) is 10.9 Å². The standard InChI is InChI=1S/C19H25FN4O/c1-2-21-19(24-17-10-14-4-6-18(17)25-14)22-8-7-12-11-23-16-9-13(20)3-5-15(12)16/h3,5,9,11,14,17-18,23H,2,4,6-8,10H2,1H3,(H2,21,22,24). The second kappa shape index (κ2) is 7.04. The Labute approximate surface area is 147 Å². The van der Waals surface area contributed by atoms with E-state index in [1.165, 1.54) is 18.6 Å². The Morgan fingerprint density at radius 3 is 3.08 bits per heavy atom. The van der Waals surface area contributed by atoms with E-state index in [1.54, 1.807) is 0 Å². The van der Waals surface area contributed by atoms with E-state index in [9.17, 15) is 4.39 Å². The molecule has 1 aromatic carbocycles. The fraction of sp³-hybridized carbons (Fsp3) is 0.526. The van der Waals surface area contributed by atoms with E-state index in [0.717, 1.165) is 48.2 Å². The van der Waals surface area contributed by atoms with E-state index in [0.29, 0.717) is 24.8 Å². The summed E-state index contributed by atoms with van der Waals surface area (Å²) in [6, 6.07) is 5.23. The number of fused-ring (bicyclic) bond motifs is 3. The van der Waals surface area contributed by atoms with Gasteiger partial charge in [0.1, 0.15) is 5.82 Å². The number of guanidine groups is 1. The molecule has 4 rings (SSSR count). The van der Waals surface area contributed by atoms with Gasteiger partial charge in [-0.2, -0.15) is 0 Å². The van der Waals surface area contributed by atoms with Crippen LogP contribution in [0, 0.1) is 5.82 Å². The summed E-state index contributed by atoms with van der Waals surface area (Å²) in [5, 5.41) is 7.91. The Hall–Kier alpha value is -2.08. The van der Waals surface area contributed by atoms with Gasteiger partial charge in [-0.3, -0.25) is 4.99 Å². The van der Waals surface area contributed by atoms with Crippen molar-refractivity contribution in [2.75, 3.05) is 13.1 Å². The van der Waals surface area contributed by atoms with Crippen LogP contribution >= 0.6 is 0 Å². The van der Waals surface area contributed by atoms with Crippen LogP contribution in [0.1, 0.15) is 31.7 Å². The third-order valence-corrected chi connectivity index (χ3v) is 5.15. The van der Waals surface area contributed by atoms with Gasteiger partial charge in [0.15, 0.2) is 5.96 Å². The van der Waals surface area contributed by atoms with E-state index in [-0.39, 0.29) is 5.82 Å². The smallest absolute Gasteiger partial charge is 0.191 e. The number of H-pyrrole nitrogens is 1. The third kappa shape index (κ3) is 3.49. The summed E-state index contributed by atoms with van der Waals surface area (Å²) in [6.45, 7) is 3.59. The molecule has 2 fully saturated rings. The lowest BCUT2D eigenvalue weighted by molar-refractivity contribution is 0.0992. The van der Waals surface area contributed by atoms with E-state index >= 15 is 0 Å². The van der Waals surface area contributed by atoms with Gasteiger partial charge in [-0.15, -0.1) is 0 Å². The predicted molar refractivity (Wildman–Crippen MR) is 97.4 cm³/mol. The van der Waals surface area contributed by atoms with Crippen LogP contribution in [0.2, 0.25) is 0 Å². The van der Waals surface area contributed by atoms with Crippen molar-refractivity contribution in [1.29, 1.82) is 0 Å². The number of aromatic amines is 1. The Morgan fingerprint density at radius 1 is 1.40 bits per heavy atom. The zero-order valence-corrected chi connectivity index (χ0v) is 14.5. The van der Waals surface area contributed by atoms with Crippen LogP contribution in [0.15, 0.2) is 29.4 Å². The van der Waals surface area contributed by atoms with Gasteiger partial charge in [-0.05, 0) is 56.4 Å². The SMILES string of the molecule is CCNC(=NCCc1c[nH]c2cc(F)ccc12)NC1CC2CCC1O2. The minimum Gasteiger partial charge on any atom is -0.373 e. The Bertz CT molecular complexity index is 772. The van der Waals surface area contributed by atoms with Crippen molar-refractivity contribution in [1.82, 2.24) is 15.6 Å².